The molecule has 2 aromatic carbocycles. The van der Waals surface area contributed by atoms with E-state index in [0.29, 0.717) is 0 Å². The molecule has 4 saturated heterocycles. The normalized spacial score (nSPS) is 27.2. The highest BCUT2D eigenvalue weighted by Crippen LogP contribution is 2.37. The summed E-state index contributed by atoms with van der Waals surface area (Å²) in [5, 5.41) is 7.06. The zero-order chi connectivity index (χ0) is 23.6. The van der Waals surface area contributed by atoms with E-state index >= 15 is 0 Å². The first-order chi connectivity index (χ1) is 16.4. The number of fused-ring (bicyclic) bond motifs is 2. The van der Waals surface area contributed by atoms with Gasteiger partial charge in [-0.1, -0.05) is 0 Å². The number of rotatable bonds is 4. The standard InChI is InChI=1S/C29H38N4O.ClH/c1-17-19(3)27(32-13-21-9-30-10-22(21)14-32)7-5-25(17)29(34)26-6-8-28(20(4)18(26)2)33-15-23-11-31-12-24(23)16-33;/h5-8,21-24,30-31H,9-16H2,1-4H3;1H. The average molecular weight is 495 g/mol. The van der Waals surface area contributed by atoms with Gasteiger partial charge in [0.25, 0.3) is 0 Å². The number of benzene rings is 2. The maximum atomic E-state index is 13.7. The van der Waals surface area contributed by atoms with Crippen LogP contribution < -0.4 is 20.4 Å². The molecule has 2 N–H and O–H groups in total. The molecular formula is C29H39ClN4O. The Hall–Kier alpha value is -2.08. The first-order valence-corrected chi connectivity index (χ1v) is 13.1. The Labute approximate surface area is 216 Å². The Kier molecular flexibility index (Phi) is 6.62. The van der Waals surface area contributed by atoms with E-state index < -0.39 is 0 Å². The van der Waals surface area contributed by atoms with Crippen LogP contribution in [0, 0.1) is 51.4 Å². The average Bonchev–Trinajstić information content (AvgIpc) is 3.57. The summed E-state index contributed by atoms with van der Waals surface area (Å²) in [6, 6.07) is 8.53. The first-order valence-electron chi connectivity index (χ1n) is 13.1. The van der Waals surface area contributed by atoms with Crippen LogP contribution in [0.3, 0.4) is 0 Å². The van der Waals surface area contributed by atoms with Crippen LogP contribution in [0.2, 0.25) is 0 Å². The van der Waals surface area contributed by atoms with E-state index in [1.165, 1.54) is 22.5 Å². The molecule has 4 aliphatic rings. The van der Waals surface area contributed by atoms with Gasteiger partial charge in [0, 0.05) is 74.9 Å². The summed E-state index contributed by atoms with van der Waals surface area (Å²) < 4.78 is 0. The minimum atomic E-state index is 0. The zero-order valence-electron chi connectivity index (χ0n) is 21.5. The smallest absolute Gasteiger partial charge is 0.193 e. The Morgan fingerprint density at radius 1 is 0.629 bits per heavy atom. The molecule has 0 saturated carbocycles. The van der Waals surface area contributed by atoms with Crippen molar-refractivity contribution in [1.29, 1.82) is 0 Å². The van der Waals surface area contributed by atoms with Crippen LogP contribution in [-0.4, -0.2) is 58.1 Å². The van der Waals surface area contributed by atoms with E-state index in [9.17, 15) is 4.79 Å². The molecule has 4 unspecified atom stereocenters. The van der Waals surface area contributed by atoms with E-state index in [-0.39, 0.29) is 18.2 Å². The fourth-order valence-corrected chi connectivity index (χ4v) is 7.04. The fraction of sp³-hybridized carbons (Fsp3) is 0.552. The Bertz CT molecular complexity index is 1040. The number of carbonyl (C=O) groups excluding carboxylic acids is 1. The maximum Gasteiger partial charge on any atom is 0.193 e. The van der Waals surface area contributed by atoms with Crippen LogP contribution >= 0.6 is 12.4 Å². The summed E-state index contributed by atoms with van der Waals surface area (Å²) in [5.41, 5.74) is 9.06. The molecular weight excluding hydrogens is 456 g/mol. The molecule has 2 aromatic rings. The van der Waals surface area contributed by atoms with Crippen molar-refractivity contribution < 1.29 is 4.79 Å². The minimum absolute atomic E-state index is 0. The van der Waals surface area contributed by atoms with E-state index in [1.807, 2.05) is 0 Å². The number of anilines is 2. The second kappa shape index (κ2) is 9.42. The molecule has 0 aliphatic carbocycles. The van der Waals surface area contributed by atoms with Crippen molar-refractivity contribution in [3.63, 3.8) is 0 Å². The molecule has 35 heavy (non-hydrogen) atoms. The van der Waals surface area contributed by atoms with Crippen molar-refractivity contribution in [2.24, 2.45) is 23.7 Å². The van der Waals surface area contributed by atoms with Crippen LogP contribution in [0.5, 0.6) is 0 Å². The number of nitrogens with one attached hydrogen (secondary N) is 2. The third-order valence-corrected chi connectivity index (χ3v) is 9.47. The number of carbonyl (C=O) groups is 1. The monoisotopic (exact) mass is 494 g/mol. The molecule has 0 spiro atoms. The second-order valence-electron chi connectivity index (χ2n) is 11.3. The maximum absolute atomic E-state index is 13.7. The predicted octanol–water partition coefficient (Wildman–Crippen LogP) is 3.88. The summed E-state index contributed by atoms with van der Waals surface area (Å²) in [6.07, 6.45) is 0. The van der Waals surface area contributed by atoms with Gasteiger partial charge in [0.05, 0.1) is 0 Å². The van der Waals surface area contributed by atoms with Gasteiger partial charge < -0.3 is 20.4 Å². The van der Waals surface area contributed by atoms with Gasteiger partial charge in [-0.2, -0.15) is 0 Å². The minimum Gasteiger partial charge on any atom is -0.371 e. The van der Waals surface area contributed by atoms with Gasteiger partial charge >= 0.3 is 0 Å². The van der Waals surface area contributed by atoms with E-state index in [2.05, 4.69) is 72.4 Å². The zero-order valence-corrected chi connectivity index (χ0v) is 22.3. The summed E-state index contributed by atoms with van der Waals surface area (Å²) in [4.78, 5) is 18.8. The third kappa shape index (κ3) is 4.06. The van der Waals surface area contributed by atoms with Crippen LogP contribution in [-0.2, 0) is 0 Å². The van der Waals surface area contributed by atoms with Crippen LogP contribution in [0.15, 0.2) is 24.3 Å². The molecule has 4 fully saturated rings. The number of hydrogen-bond donors (Lipinski definition) is 2. The Morgan fingerprint density at radius 3 is 1.31 bits per heavy atom. The molecule has 0 amide bonds. The lowest BCUT2D eigenvalue weighted by molar-refractivity contribution is 0.103. The second-order valence-corrected chi connectivity index (χ2v) is 11.3. The van der Waals surface area contributed by atoms with E-state index in [4.69, 9.17) is 0 Å². The van der Waals surface area contributed by atoms with Crippen molar-refractivity contribution in [2.45, 2.75) is 27.7 Å². The van der Waals surface area contributed by atoms with Gasteiger partial charge in [-0.05, 0) is 97.9 Å². The van der Waals surface area contributed by atoms with Crippen LogP contribution in [0.4, 0.5) is 11.4 Å². The molecule has 5 nitrogen and oxygen atoms in total. The summed E-state index contributed by atoms with van der Waals surface area (Å²) in [5.74, 6) is 3.20. The Balaban J connectivity index is 0.00000253. The van der Waals surface area contributed by atoms with Crippen molar-refractivity contribution in [3.05, 3.63) is 57.6 Å². The van der Waals surface area contributed by atoms with Gasteiger partial charge in [-0.15, -0.1) is 12.4 Å². The lowest BCUT2D eigenvalue weighted by Crippen LogP contribution is -2.26. The van der Waals surface area contributed by atoms with Crippen molar-refractivity contribution in [2.75, 3.05) is 62.2 Å². The van der Waals surface area contributed by atoms with Crippen molar-refractivity contribution in [1.82, 2.24) is 10.6 Å². The fourth-order valence-electron chi connectivity index (χ4n) is 7.04. The molecule has 4 atom stereocenters. The topological polar surface area (TPSA) is 47.6 Å². The number of nitrogens with zero attached hydrogens (tertiary/aromatic N) is 2. The molecule has 4 aliphatic heterocycles. The number of halogens is 1. The largest absolute Gasteiger partial charge is 0.371 e. The molecule has 4 heterocycles. The van der Waals surface area contributed by atoms with Gasteiger partial charge in [-0.3, -0.25) is 4.79 Å². The van der Waals surface area contributed by atoms with E-state index in [1.54, 1.807) is 0 Å². The molecule has 0 aromatic heterocycles. The van der Waals surface area contributed by atoms with Gasteiger partial charge in [0.15, 0.2) is 5.78 Å². The predicted molar refractivity (Wildman–Crippen MR) is 147 cm³/mol. The summed E-state index contributed by atoms with van der Waals surface area (Å²) >= 11 is 0. The van der Waals surface area contributed by atoms with Gasteiger partial charge in [-0.25, -0.2) is 0 Å². The van der Waals surface area contributed by atoms with Crippen molar-refractivity contribution >= 4 is 29.6 Å². The molecule has 0 radical (unpaired) electrons. The first kappa shape index (κ1) is 24.6. The molecule has 0 bridgehead atoms. The Morgan fingerprint density at radius 2 is 0.971 bits per heavy atom. The SMILES string of the molecule is Cc1c(C(=O)c2ccc(N3CC4CNCC4C3)c(C)c2C)ccc(N2CC3CNCC3C2)c1C.Cl. The summed E-state index contributed by atoms with van der Waals surface area (Å²) in [6.45, 7) is 17.7. The molecule has 6 rings (SSSR count). The van der Waals surface area contributed by atoms with E-state index in [0.717, 1.165) is 98.3 Å². The van der Waals surface area contributed by atoms with Gasteiger partial charge in [0.2, 0.25) is 0 Å². The third-order valence-electron chi connectivity index (χ3n) is 9.47. The lowest BCUT2D eigenvalue weighted by atomic mass is 9.90. The highest BCUT2D eigenvalue weighted by atomic mass is 35.5. The number of hydrogen-bond acceptors (Lipinski definition) is 5. The van der Waals surface area contributed by atoms with Crippen molar-refractivity contribution in [3.8, 4) is 0 Å². The lowest BCUT2D eigenvalue weighted by Gasteiger charge is -2.25. The molecule has 6 heteroatoms. The highest BCUT2D eigenvalue weighted by molar-refractivity contribution is 6.11. The van der Waals surface area contributed by atoms with Crippen LogP contribution in [0.25, 0.3) is 0 Å². The summed E-state index contributed by atoms with van der Waals surface area (Å²) in [7, 11) is 0. The highest BCUT2D eigenvalue weighted by Gasteiger charge is 2.38. The quantitative estimate of drug-likeness (QED) is 0.631. The van der Waals surface area contributed by atoms with Gasteiger partial charge in [0.1, 0.15) is 0 Å². The van der Waals surface area contributed by atoms with Crippen LogP contribution in [0.1, 0.15) is 38.2 Å². The number of ketones is 1. The molecule has 188 valence electrons.